The molecule has 2 aromatic rings. The number of halogens is 2. The minimum atomic E-state index is -2.84. The molecule has 1 saturated carbocycles. The van der Waals surface area contributed by atoms with Gasteiger partial charge in [-0.1, -0.05) is 0 Å². The summed E-state index contributed by atoms with van der Waals surface area (Å²) in [6, 6.07) is 9.09. The van der Waals surface area contributed by atoms with Gasteiger partial charge in [0.1, 0.15) is 5.54 Å². The normalized spacial score (nSPS) is 19.4. The molecular formula is C21H21F2N5O3. The molecule has 10 heteroatoms. The van der Waals surface area contributed by atoms with Crippen LogP contribution in [-0.2, 0) is 4.79 Å². The number of alkyl halides is 2. The molecule has 3 amide bonds. The van der Waals surface area contributed by atoms with Gasteiger partial charge in [0.05, 0.1) is 12.2 Å². The number of pyridine rings is 1. The number of carbonyl (C=O) groups excluding carboxylic acids is 3. The van der Waals surface area contributed by atoms with Crippen molar-refractivity contribution in [2.75, 3.05) is 17.6 Å². The number of nitrogen functional groups attached to an aromatic ring is 1. The Bertz CT molecular complexity index is 1030. The molecule has 1 aromatic heterocycles. The molecule has 1 aromatic carbocycles. The van der Waals surface area contributed by atoms with E-state index in [1.165, 1.54) is 0 Å². The second-order valence-corrected chi connectivity index (χ2v) is 7.83. The van der Waals surface area contributed by atoms with E-state index in [0.29, 0.717) is 22.8 Å². The van der Waals surface area contributed by atoms with Gasteiger partial charge in [0, 0.05) is 30.3 Å². The van der Waals surface area contributed by atoms with E-state index in [-0.39, 0.29) is 12.8 Å². The van der Waals surface area contributed by atoms with Crippen molar-refractivity contribution < 1.29 is 23.2 Å². The molecule has 0 atom stereocenters. The van der Waals surface area contributed by atoms with Crippen LogP contribution in [0.15, 0.2) is 42.6 Å². The Labute approximate surface area is 176 Å². The lowest BCUT2D eigenvalue weighted by atomic mass is 9.80. The van der Waals surface area contributed by atoms with Gasteiger partial charge in [0.25, 0.3) is 5.91 Å². The van der Waals surface area contributed by atoms with E-state index in [1.807, 2.05) is 0 Å². The van der Waals surface area contributed by atoms with Crippen LogP contribution >= 0.6 is 0 Å². The average molecular weight is 429 g/mol. The number of imide groups is 1. The van der Waals surface area contributed by atoms with E-state index in [1.54, 1.807) is 42.6 Å². The van der Waals surface area contributed by atoms with Gasteiger partial charge in [0.2, 0.25) is 5.92 Å². The van der Waals surface area contributed by atoms with Gasteiger partial charge >= 0.3 is 6.03 Å². The van der Waals surface area contributed by atoms with Crippen LogP contribution < -0.4 is 16.4 Å². The lowest BCUT2D eigenvalue weighted by Crippen LogP contribution is -2.51. The number of hydrogen-bond acceptors (Lipinski definition) is 6. The number of urea groups is 1. The van der Waals surface area contributed by atoms with Crippen LogP contribution in [0, 0.1) is 0 Å². The second-order valence-electron chi connectivity index (χ2n) is 7.83. The third-order valence-electron chi connectivity index (χ3n) is 5.69. The van der Waals surface area contributed by atoms with Crippen molar-refractivity contribution in [2.24, 2.45) is 0 Å². The molecule has 1 aliphatic heterocycles. The fourth-order valence-corrected chi connectivity index (χ4v) is 3.83. The first-order valence-corrected chi connectivity index (χ1v) is 9.82. The van der Waals surface area contributed by atoms with Crippen molar-refractivity contribution in [3.63, 3.8) is 0 Å². The molecule has 2 fully saturated rings. The predicted octanol–water partition coefficient (Wildman–Crippen LogP) is 3.09. The first kappa shape index (κ1) is 20.7. The summed E-state index contributed by atoms with van der Waals surface area (Å²) in [7, 11) is 0. The molecule has 1 spiro atoms. The topological polar surface area (TPSA) is 117 Å². The Morgan fingerprint density at radius 1 is 1.13 bits per heavy atom. The highest BCUT2D eigenvalue weighted by molar-refractivity contribution is 6.11. The molecule has 2 heterocycles. The van der Waals surface area contributed by atoms with Crippen molar-refractivity contribution in [1.82, 2.24) is 15.2 Å². The van der Waals surface area contributed by atoms with Crippen LogP contribution in [-0.4, -0.2) is 45.6 Å². The molecule has 0 unspecified atom stereocenters. The Kier molecular flexibility index (Phi) is 5.08. The van der Waals surface area contributed by atoms with Crippen LogP contribution in [0.3, 0.4) is 0 Å². The smallest absolute Gasteiger partial charge is 0.325 e. The van der Waals surface area contributed by atoms with E-state index in [9.17, 15) is 23.2 Å². The van der Waals surface area contributed by atoms with Crippen molar-refractivity contribution in [3.05, 3.63) is 48.2 Å². The van der Waals surface area contributed by atoms with Crippen molar-refractivity contribution in [2.45, 2.75) is 37.1 Å². The number of hydrogen-bond donors (Lipinski definition) is 3. The number of Topliss-reactive ketones (excluding diaryl/α,β-unsaturated/α-hetero) is 1. The van der Waals surface area contributed by atoms with Gasteiger partial charge in [-0.15, -0.1) is 0 Å². The minimum Gasteiger partial charge on any atom is -0.396 e. The van der Waals surface area contributed by atoms with Crippen molar-refractivity contribution in [3.8, 4) is 0 Å². The highest BCUT2D eigenvalue weighted by Gasteiger charge is 2.55. The average Bonchev–Trinajstić information content (AvgIpc) is 2.97. The van der Waals surface area contributed by atoms with Crippen LogP contribution in [0.2, 0.25) is 0 Å². The summed E-state index contributed by atoms with van der Waals surface area (Å²) in [4.78, 5) is 42.7. The third kappa shape index (κ3) is 4.05. The summed E-state index contributed by atoms with van der Waals surface area (Å²) in [5.41, 5.74) is 5.93. The molecule has 0 radical (unpaired) electrons. The van der Waals surface area contributed by atoms with Crippen molar-refractivity contribution >= 4 is 34.9 Å². The number of amides is 3. The zero-order chi connectivity index (χ0) is 22.2. The maximum Gasteiger partial charge on any atom is 0.325 e. The zero-order valence-corrected chi connectivity index (χ0v) is 16.5. The molecule has 1 aliphatic carbocycles. The van der Waals surface area contributed by atoms with E-state index >= 15 is 0 Å². The SMILES string of the molecule is Nc1cccnc1Nc1ccc(C(=O)CN2C(=O)NC3(CCC(F)(F)CC3)C2=O)cc1. The standard InChI is InChI=1S/C21H21F2N5O3/c22-21(23)9-7-20(8-10-21)18(30)28(19(31)27-20)12-16(29)13-3-5-14(6-4-13)26-17-15(24)2-1-11-25-17/h1-6,11H,7-10,12,24H2,(H,25,26)(H,27,31). The van der Waals surface area contributed by atoms with E-state index < -0.39 is 48.6 Å². The lowest BCUT2D eigenvalue weighted by Gasteiger charge is -2.34. The van der Waals surface area contributed by atoms with Crippen LogP contribution in [0.5, 0.6) is 0 Å². The quantitative estimate of drug-likeness (QED) is 0.497. The van der Waals surface area contributed by atoms with Crippen LogP contribution in [0.1, 0.15) is 36.0 Å². The summed E-state index contributed by atoms with van der Waals surface area (Å²) in [6.45, 7) is -0.456. The number of aromatic nitrogens is 1. The predicted molar refractivity (Wildman–Crippen MR) is 109 cm³/mol. The lowest BCUT2D eigenvalue weighted by molar-refractivity contribution is -0.135. The monoisotopic (exact) mass is 429 g/mol. The maximum atomic E-state index is 13.5. The number of ketones is 1. The van der Waals surface area contributed by atoms with Gasteiger partial charge in [-0.3, -0.25) is 14.5 Å². The highest BCUT2D eigenvalue weighted by Crippen LogP contribution is 2.41. The first-order valence-electron chi connectivity index (χ1n) is 9.82. The Morgan fingerprint density at radius 2 is 1.81 bits per heavy atom. The summed E-state index contributed by atoms with van der Waals surface area (Å²) in [5, 5.41) is 5.56. The minimum absolute atomic E-state index is 0.147. The Morgan fingerprint density at radius 3 is 2.45 bits per heavy atom. The fourth-order valence-electron chi connectivity index (χ4n) is 3.83. The molecule has 1 saturated heterocycles. The summed E-state index contributed by atoms with van der Waals surface area (Å²) >= 11 is 0. The van der Waals surface area contributed by atoms with Gasteiger partial charge < -0.3 is 16.4 Å². The Hall–Kier alpha value is -3.56. The van der Waals surface area contributed by atoms with Gasteiger partial charge in [-0.05, 0) is 49.2 Å². The van der Waals surface area contributed by atoms with E-state index in [0.717, 1.165) is 4.90 Å². The molecule has 0 bridgehead atoms. The van der Waals surface area contributed by atoms with Crippen LogP contribution in [0.25, 0.3) is 0 Å². The number of nitrogens with zero attached hydrogens (tertiary/aromatic N) is 2. The summed E-state index contributed by atoms with van der Waals surface area (Å²) in [6.07, 6.45) is 0.347. The molecule has 162 valence electrons. The van der Waals surface area contributed by atoms with E-state index in [4.69, 9.17) is 5.73 Å². The van der Waals surface area contributed by atoms with Crippen LogP contribution in [0.4, 0.5) is 30.8 Å². The molecule has 8 nitrogen and oxygen atoms in total. The maximum absolute atomic E-state index is 13.5. The number of carbonyl (C=O) groups is 3. The molecular weight excluding hydrogens is 408 g/mol. The summed E-state index contributed by atoms with van der Waals surface area (Å²) < 4.78 is 27.0. The highest BCUT2D eigenvalue weighted by atomic mass is 19.3. The molecule has 4 N–H and O–H groups in total. The number of rotatable bonds is 5. The first-order chi connectivity index (χ1) is 14.7. The molecule has 2 aliphatic rings. The fraction of sp³-hybridized carbons (Fsp3) is 0.333. The van der Waals surface area contributed by atoms with Crippen molar-refractivity contribution in [1.29, 1.82) is 0 Å². The largest absolute Gasteiger partial charge is 0.396 e. The van der Waals surface area contributed by atoms with Gasteiger partial charge in [-0.25, -0.2) is 18.6 Å². The third-order valence-corrected chi connectivity index (χ3v) is 5.69. The van der Waals surface area contributed by atoms with Gasteiger partial charge in [-0.2, -0.15) is 0 Å². The number of benzene rings is 1. The molecule has 31 heavy (non-hydrogen) atoms. The number of anilines is 3. The van der Waals surface area contributed by atoms with Gasteiger partial charge in [0.15, 0.2) is 11.6 Å². The zero-order valence-electron chi connectivity index (χ0n) is 16.5. The second kappa shape index (κ2) is 7.60. The number of nitrogens with two attached hydrogens (primary N) is 1. The Balaban J connectivity index is 1.42. The molecule has 4 rings (SSSR count). The number of nitrogens with one attached hydrogen (secondary N) is 2. The van der Waals surface area contributed by atoms with E-state index in [2.05, 4.69) is 15.6 Å². The summed E-state index contributed by atoms with van der Waals surface area (Å²) in [5.74, 6) is -3.42.